The molecule has 0 aromatic carbocycles. The number of fused-ring (bicyclic) bond motifs is 1. The highest BCUT2D eigenvalue weighted by Crippen LogP contribution is 2.43. The predicted molar refractivity (Wildman–Crippen MR) is 111 cm³/mol. The maximum atomic E-state index is 12.4. The first-order valence-corrected chi connectivity index (χ1v) is 10.6. The fourth-order valence-corrected chi connectivity index (χ4v) is 5.15. The quantitative estimate of drug-likeness (QED) is 0.433. The second kappa shape index (κ2) is 6.83. The van der Waals surface area contributed by atoms with Gasteiger partial charge in [-0.3, -0.25) is 0 Å². The first-order chi connectivity index (χ1) is 12.5. The minimum atomic E-state index is -0.393. The zero-order chi connectivity index (χ0) is 18.3. The van der Waals surface area contributed by atoms with E-state index in [2.05, 4.69) is 12.1 Å². The molecule has 7 heteroatoms. The van der Waals surface area contributed by atoms with E-state index in [9.17, 15) is 4.79 Å². The van der Waals surface area contributed by atoms with Crippen LogP contribution in [0.2, 0.25) is 0 Å². The van der Waals surface area contributed by atoms with Gasteiger partial charge in [-0.2, -0.15) is 0 Å². The van der Waals surface area contributed by atoms with Crippen molar-refractivity contribution in [2.45, 2.75) is 20.0 Å². The number of carbonyl (C=O) groups is 1. The predicted octanol–water partition coefficient (Wildman–Crippen LogP) is 5.90. The fraction of sp³-hybridized carbons (Fsp3) is 0.158. The lowest BCUT2D eigenvalue weighted by Gasteiger charge is -2.07. The molecule has 4 aromatic heterocycles. The van der Waals surface area contributed by atoms with Crippen molar-refractivity contribution in [2.24, 2.45) is 0 Å². The molecule has 0 fully saturated rings. The highest BCUT2D eigenvalue weighted by Gasteiger charge is 2.23. The molecular formula is C19H16N2O2S3. The summed E-state index contributed by atoms with van der Waals surface area (Å²) in [5.41, 5.74) is 8.71. The van der Waals surface area contributed by atoms with Gasteiger partial charge in [0.05, 0.1) is 22.4 Å². The summed E-state index contributed by atoms with van der Waals surface area (Å²) in [5, 5.41) is 4.89. The van der Waals surface area contributed by atoms with E-state index in [-0.39, 0.29) is 6.10 Å². The van der Waals surface area contributed by atoms with E-state index in [1.807, 2.05) is 42.8 Å². The van der Waals surface area contributed by atoms with Crippen LogP contribution >= 0.6 is 34.0 Å². The third-order valence-electron chi connectivity index (χ3n) is 3.79. The molecule has 0 unspecified atom stereocenters. The molecule has 0 saturated carbocycles. The van der Waals surface area contributed by atoms with Crippen molar-refractivity contribution >= 4 is 55.9 Å². The molecule has 132 valence electrons. The van der Waals surface area contributed by atoms with Crippen LogP contribution in [0, 0.1) is 0 Å². The Labute approximate surface area is 162 Å². The SMILES string of the molecule is CC(C)OC(=O)c1sc2nc(-c3cccs3)cc(-c3cccs3)c2c1N. The Kier molecular flexibility index (Phi) is 4.52. The van der Waals surface area contributed by atoms with E-state index >= 15 is 0 Å². The lowest BCUT2D eigenvalue weighted by atomic mass is 10.1. The number of thiophene rings is 3. The van der Waals surface area contributed by atoms with Gasteiger partial charge in [0.15, 0.2) is 0 Å². The van der Waals surface area contributed by atoms with E-state index < -0.39 is 5.97 Å². The summed E-state index contributed by atoms with van der Waals surface area (Å²) in [4.78, 5) is 20.6. The molecule has 0 spiro atoms. The Morgan fingerprint density at radius 1 is 1.15 bits per heavy atom. The van der Waals surface area contributed by atoms with Gasteiger partial charge >= 0.3 is 5.97 Å². The van der Waals surface area contributed by atoms with Crippen molar-refractivity contribution in [1.29, 1.82) is 0 Å². The fourth-order valence-electron chi connectivity index (χ4n) is 2.72. The molecule has 26 heavy (non-hydrogen) atoms. The van der Waals surface area contributed by atoms with Crippen LogP contribution in [-0.2, 0) is 4.74 Å². The van der Waals surface area contributed by atoms with Gasteiger partial charge < -0.3 is 10.5 Å². The molecule has 4 nitrogen and oxygen atoms in total. The summed E-state index contributed by atoms with van der Waals surface area (Å²) in [6, 6.07) is 10.2. The van der Waals surface area contributed by atoms with Crippen molar-refractivity contribution in [3.8, 4) is 21.0 Å². The topological polar surface area (TPSA) is 65.2 Å². The van der Waals surface area contributed by atoms with Crippen LogP contribution in [-0.4, -0.2) is 17.1 Å². The molecule has 4 heterocycles. The summed E-state index contributed by atoms with van der Waals surface area (Å²) in [7, 11) is 0. The Balaban J connectivity index is 1.96. The molecule has 0 aliphatic rings. The van der Waals surface area contributed by atoms with Crippen molar-refractivity contribution in [1.82, 2.24) is 4.98 Å². The number of pyridine rings is 1. The number of nitrogens with two attached hydrogens (primary N) is 1. The first kappa shape index (κ1) is 17.2. The number of aromatic nitrogens is 1. The third-order valence-corrected chi connectivity index (χ3v) is 6.66. The van der Waals surface area contributed by atoms with Crippen molar-refractivity contribution < 1.29 is 9.53 Å². The van der Waals surface area contributed by atoms with E-state index in [0.29, 0.717) is 10.6 Å². The molecule has 2 N–H and O–H groups in total. The second-order valence-corrected chi connectivity index (χ2v) is 8.88. The van der Waals surface area contributed by atoms with Gasteiger partial charge in [-0.05, 0) is 42.8 Å². The zero-order valence-corrected chi connectivity index (χ0v) is 16.6. The first-order valence-electron chi connectivity index (χ1n) is 8.06. The second-order valence-electron chi connectivity index (χ2n) is 5.99. The molecule has 0 aliphatic heterocycles. The smallest absolute Gasteiger partial charge is 0.350 e. The third kappa shape index (κ3) is 3.02. The van der Waals surface area contributed by atoms with Crippen molar-refractivity contribution in [3.05, 3.63) is 46.0 Å². The Bertz CT molecular complexity index is 1060. The summed E-state index contributed by atoms with van der Waals surface area (Å²) in [6.45, 7) is 3.65. The lowest BCUT2D eigenvalue weighted by molar-refractivity contribution is 0.0385. The van der Waals surface area contributed by atoms with E-state index in [1.54, 1.807) is 22.7 Å². The number of rotatable bonds is 4. The molecule has 0 amide bonds. The number of nitrogens with zero attached hydrogens (tertiary/aromatic N) is 1. The maximum Gasteiger partial charge on any atom is 0.350 e. The van der Waals surface area contributed by atoms with Gasteiger partial charge in [-0.25, -0.2) is 9.78 Å². The Morgan fingerprint density at radius 3 is 2.46 bits per heavy atom. The minimum Gasteiger partial charge on any atom is -0.459 e. The summed E-state index contributed by atoms with van der Waals surface area (Å²) < 4.78 is 5.35. The van der Waals surface area contributed by atoms with Crippen LogP contribution in [0.3, 0.4) is 0 Å². The average molecular weight is 401 g/mol. The molecule has 4 rings (SSSR count). The van der Waals surface area contributed by atoms with Gasteiger partial charge in [-0.1, -0.05) is 12.1 Å². The van der Waals surface area contributed by atoms with Crippen molar-refractivity contribution in [3.63, 3.8) is 0 Å². The number of hydrogen-bond acceptors (Lipinski definition) is 7. The lowest BCUT2D eigenvalue weighted by Crippen LogP contribution is -2.11. The normalized spacial score (nSPS) is 11.3. The van der Waals surface area contributed by atoms with Crippen LogP contribution in [0.25, 0.3) is 31.2 Å². The maximum absolute atomic E-state index is 12.4. The van der Waals surface area contributed by atoms with Gasteiger partial charge in [0.25, 0.3) is 0 Å². The Morgan fingerprint density at radius 2 is 1.85 bits per heavy atom. The van der Waals surface area contributed by atoms with Gasteiger partial charge in [0.2, 0.25) is 0 Å². The highest BCUT2D eigenvalue weighted by atomic mass is 32.1. The minimum absolute atomic E-state index is 0.196. The van der Waals surface area contributed by atoms with Gasteiger partial charge in [0, 0.05) is 15.8 Å². The summed E-state index contributed by atoms with van der Waals surface area (Å²) >= 11 is 4.58. The largest absolute Gasteiger partial charge is 0.459 e. The zero-order valence-electron chi connectivity index (χ0n) is 14.2. The van der Waals surface area contributed by atoms with Crippen LogP contribution in [0.15, 0.2) is 41.1 Å². The molecule has 0 aliphatic carbocycles. The molecule has 0 radical (unpaired) electrons. The van der Waals surface area contributed by atoms with E-state index in [4.69, 9.17) is 15.5 Å². The van der Waals surface area contributed by atoms with Crippen LogP contribution in [0.4, 0.5) is 5.69 Å². The van der Waals surface area contributed by atoms with Crippen LogP contribution < -0.4 is 5.73 Å². The number of ether oxygens (including phenoxy) is 1. The standard InChI is InChI=1S/C19H16N2O2S3/c1-10(2)23-19(22)17-16(20)15-11(13-5-3-7-24-13)9-12(21-18(15)26-17)14-6-4-8-25-14/h3-10H,20H2,1-2H3. The van der Waals surface area contributed by atoms with Gasteiger partial charge in [-0.15, -0.1) is 34.0 Å². The molecule has 0 bridgehead atoms. The van der Waals surface area contributed by atoms with E-state index in [1.165, 1.54) is 11.3 Å². The number of nitrogen functional groups attached to an aromatic ring is 1. The monoisotopic (exact) mass is 400 g/mol. The van der Waals surface area contributed by atoms with Crippen LogP contribution in [0.5, 0.6) is 0 Å². The van der Waals surface area contributed by atoms with Crippen molar-refractivity contribution in [2.75, 3.05) is 5.73 Å². The molecule has 0 atom stereocenters. The molecule has 4 aromatic rings. The number of hydrogen-bond donors (Lipinski definition) is 1. The summed E-state index contributed by atoms with van der Waals surface area (Å²) in [6.07, 6.45) is -0.196. The summed E-state index contributed by atoms with van der Waals surface area (Å²) in [5.74, 6) is -0.393. The highest BCUT2D eigenvalue weighted by molar-refractivity contribution is 7.21. The van der Waals surface area contributed by atoms with Gasteiger partial charge in [0.1, 0.15) is 9.71 Å². The molecular weight excluding hydrogens is 384 g/mol. The number of esters is 1. The molecule has 0 saturated heterocycles. The van der Waals surface area contributed by atoms with Crippen LogP contribution in [0.1, 0.15) is 23.5 Å². The van der Waals surface area contributed by atoms with E-state index in [0.717, 1.165) is 31.2 Å². The number of carbonyl (C=O) groups excluding carboxylic acids is 1. The number of anilines is 1. The average Bonchev–Trinajstić information content (AvgIpc) is 3.35. The Hall–Kier alpha value is -2.22.